The van der Waals surface area contributed by atoms with Crippen LogP contribution in [0.25, 0.3) is 0 Å². The SMILES string of the molecule is CCNC(=NCCS(=O)(=O)CC)NC1CC1C.I. The van der Waals surface area contributed by atoms with Crippen LogP contribution >= 0.6 is 24.0 Å². The van der Waals surface area contributed by atoms with Crippen molar-refractivity contribution in [2.45, 2.75) is 33.2 Å². The molecular weight excluding hydrogens is 365 g/mol. The first-order valence-corrected chi connectivity index (χ1v) is 8.06. The molecule has 1 saturated carbocycles. The van der Waals surface area contributed by atoms with Crippen LogP contribution in [-0.2, 0) is 9.84 Å². The van der Waals surface area contributed by atoms with Gasteiger partial charge in [0.1, 0.15) is 0 Å². The van der Waals surface area contributed by atoms with Gasteiger partial charge in [-0.1, -0.05) is 13.8 Å². The van der Waals surface area contributed by atoms with Crippen LogP contribution in [0, 0.1) is 5.92 Å². The highest BCUT2D eigenvalue weighted by Crippen LogP contribution is 2.28. The molecule has 2 unspecified atom stereocenters. The van der Waals surface area contributed by atoms with Gasteiger partial charge in [-0.2, -0.15) is 0 Å². The summed E-state index contributed by atoms with van der Waals surface area (Å²) in [7, 11) is -2.92. The minimum Gasteiger partial charge on any atom is -0.357 e. The monoisotopic (exact) mass is 389 g/mol. The summed E-state index contributed by atoms with van der Waals surface area (Å²) < 4.78 is 22.6. The molecule has 0 bridgehead atoms. The summed E-state index contributed by atoms with van der Waals surface area (Å²) in [5, 5.41) is 6.41. The average Bonchev–Trinajstić information content (AvgIpc) is 2.94. The predicted octanol–water partition coefficient (Wildman–Crippen LogP) is 1.00. The lowest BCUT2D eigenvalue weighted by atomic mass is 10.5. The third-order valence-electron chi connectivity index (χ3n) is 2.89. The molecule has 0 aromatic heterocycles. The van der Waals surface area contributed by atoms with Crippen molar-refractivity contribution in [3.8, 4) is 0 Å². The first-order chi connectivity index (χ1) is 7.98. The van der Waals surface area contributed by atoms with Crippen LogP contribution in [0.3, 0.4) is 0 Å². The number of hydrogen-bond acceptors (Lipinski definition) is 3. The van der Waals surface area contributed by atoms with E-state index in [4.69, 9.17) is 0 Å². The maximum absolute atomic E-state index is 11.3. The third kappa shape index (κ3) is 6.77. The zero-order chi connectivity index (χ0) is 12.9. The summed E-state index contributed by atoms with van der Waals surface area (Å²) in [5.74, 6) is 1.73. The number of sulfone groups is 1. The van der Waals surface area contributed by atoms with Crippen LogP contribution in [0.4, 0.5) is 0 Å². The van der Waals surface area contributed by atoms with Gasteiger partial charge in [0, 0.05) is 18.3 Å². The van der Waals surface area contributed by atoms with Crippen molar-refractivity contribution in [2.75, 3.05) is 24.6 Å². The lowest BCUT2D eigenvalue weighted by Gasteiger charge is -2.10. The zero-order valence-corrected chi connectivity index (χ0v) is 14.4. The number of rotatable bonds is 6. The van der Waals surface area contributed by atoms with E-state index in [9.17, 15) is 8.42 Å². The number of halogens is 1. The van der Waals surface area contributed by atoms with Crippen LogP contribution in [0.1, 0.15) is 27.2 Å². The Morgan fingerprint density at radius 2 is 2.00 bits per heavy atom. The van der Waals surface area contributed by atoms with E-state index in [0.29, 0.717) is 18.5 Å². The molecule has 1 rings (SSSR count). The number of aliphatic imine (C=N–C) groups is 1. The molecule has 0 amide bonds. The second kappa shape index (κ2) is 8.19. The van der Waals surface area contributed by atoms with Gasteiger partial charge in [0.25, 0.3) is 0 Å². The van der Waals surface area contributed by atoms with Gasteiger partial charge < -0.3 is 10.6 Å². The summed E-state index contributed by atoms with van der Waals surface area (Å²) in [4.78, 5) is 4.28. The van der Waals surface area contributed by atoms with Crippen LogP contribution in [0.2, 0.25) is 0 Å². The Balaban J connectivity index is 0.00000289. The highest BCUT2D eigenvalue weighted by Gasteiger charge is 2.33. The van der Waals surface area contributed by atoms with Crippen LogP contribution in [-0.4, -0.2) is 45.0 Å². The summed E-state index contributed by atoms with van der Waals surface area (Å²) in [6, 6.07) is 0.496. The van der Waals surface area contributed by atoms with Crippen molar-refractivity contribution < 1.29 is 8.42 Å². The Hall–Kier alpha value is -0.0500. The molecule has 0 aromatic carbocycles. The molecule has 108 valence electrons. The molecular formula is C11H24IN3O2S. The summed E-state index contributed by atoms with van der Waals surface area (Å²) in [5.41, 5.74) is 0. The second-order valence-electron chi connectivity index (χ2n) is 4.46. The van der Waals surface area contributed by atoms with E-state index in [-0.39, 0.29) is 35.5 Å². The molecule has 2 N–H and O–H groups in total. The van der Waals surface area contributed by atoms with Gasteiger partial charge in [0.15, 0.2) is 15.8 Å². The average molecular weight is 389 g/mol. The maximum Gasteiger partial charge on any atom is 0.191 e. The number of guanidine groups is 1. The van der Waals surface area contributed by atoms with Gasteiger partial charge in [-0.3, -0.25) is 4.99 Å². The molecule has 5 nitrogen and oxygen atoms in total. The topological polar surface area (TPSA) is 70.6 Å². The van der Waals surface area contributed by atoms with Gasteiger partial charge >= 0.3 is 0 Å². The van der Waals surface area contributed by atoms with Crippen molar-refractivity contribution in [1.29, 1.82) is 0 Å². The van der Waals surface area contributed by atoms with Crippen molar-refractivity contribution in [1.82, 2.24) is 10.6 Å². The quantitative estimate of drug-likeness (QED) is 0.404. The number of nitrogens with zero attached hydrogens (tertiary/aromatic N) is 1. The Morgan fingerprint density at radius 3 is 2.44 bits per heavy atom. The van der Waals surface area contributed by atoms with Gasteiger partial charge in [-0.05, 0) is 19.3 Å². The first kappa shape index (κ1) is 17.9. The lowest BCUT2D eigenvalue weighted by molar-refractivity contribution is 0.597. The van der Waals surface area contributed by atoms with Crippen molar-refractivity contribution >= 4 is 39.8 Å². The molecule has 0 aromatic rings. The van der Waals surface area contributed by atoms with E-state index < -0.39 is 9.84 Å². The summed E-state index contributed by atoms with van der Waals surface area (Å²) in [6.45, 7) is 6.95. The van der Waals surface area contributed by atoms with E-state index in [1.54, 1.807) is 6.92 Å². The van der Waals surface area contributed by atoms with Gasteiger partial charge in [-0.15, -0.1) is 24.0 Å². The fourth-order valence-electron chi connectivity index (χ4n) is 1.46. The molecule has 18 heavy (non-hydrogen) atoms. The number of nitrogens with one attached hydrogen (secondary N) is 2. The Labute approximate surface area is 127 Å². The maximum atomic E-state index is 11.3. The van der Waals surface area contributed by atoms with Crippen LogP contribution in [0.15, 0.2) is 4.99 Å². The van der Waals surface area contributed by atoms with E-state index >= 15 is 0 Å². The molecule has 0 saturated heterocycles. The van der Waals surface area contributed by atoms with Crippen molar-refractivity contribution in [2.24, 2.45) is 10.9 Å². The normalized spacial score (nSPS) is 23.2. The lowest BCUT2D eigenvalue weighted by Crippen LogP contribution is -2.39. The Kier molecular flexibility index (Phi) is 8.16. The minimum absolute atomic E-state index is 0. The second-order valence-corrected chi connectivity index (χ2v) is 6.93. The molecule has 1 fully saturated rings. The van der Waals surface area contributed by atoms with E-state index in [1.165, 1.54) is 0 Å². The molecule has 7 heteroatoms. The van der Waals surface area contributed by atoms with Crippen LogP contribution in [0.5, 0.6) is 0 Å². The standard InChI is InChI=1S/C11H23N3O2S.HI/c1-4-12-11(14-10-8-9(10)3)13-6-7-17(15,16)5-2;/h9-10H,4-8H2,1-3H3,(H2,12,13,14);1H. The minimum atomic E-state index is -2.92. The van der Waals surface area contributed by atoms with E-state index in [1.807, 2.05) is 6.92 Å². The van der Waals surface area contributed by atoms with Gasteiger partial charge in [0.05, 0.1) is 12.3 Å². The Morgan fingerprint density at radius 1 is 1.39 bits per heavy atom. The van der Waals surface area contributed by atoms with Gasteiger partial charge in [-0.25, -0.2) is 8.42 Å². The molecule has 0 spiro atoms. The molecule has 2 atom stereocenters. The highest BCUT2D eigenvalue weighted by atomic mass is 127. The third-order valence-corrected chi connectivity index (χ3v) is 4.57. The van der Waals surface area contributed by atoms with Gasteiger partial charge in [0.2, 0.25) is 0 Å². The highest BCUT2D eigenvalue weighted by molar-refractivity contribution is 14.0. The smallest absolute Gasteiger partial charge is 0.191 e. The Bertz CT molecular complexity index is 370. The largest absolute Gasteiger partial charge is 0.357 e. The fraction of sp³-hybridized carbons (Fsp3) is 0.909. The summed E-state index contributed by atoms with van der Waals surface area (Å²) >= 11 is 0. The van der Waals surface area contributed by atoms with E-state index in [2.05, 4.69) is 22.5 Å². The molecule has 1 aliphatic rings. The fourth-order valence-corrected chi connectivity index (χ4v) is 2.12. The molecule has 0 radical (unpaired) electrons. The molecule has 0 heterocycles. The van der Waals surface area contributed by atoms with Crippen molar-refractivity contribution in [3.63, 3.8) is 0 Å². The van der Waals surface area contributed by atoms with Crippen molar-refractivity contribution in [3.05, 3.63) is 0 Å². The van der Waals surface area contributed by atoms with Crippen LogP contribution < -0.4 is 10.6 Å². The predicted molar refractivity (Wildman–Crippen MR) is 86.4 cm³/mol. The summed E-state index contributed by atoms with van der Waals surface area (Å²) in [6.07, 6.45) is 1.16. The number of hydrogen-bond donors (Lipinski definition) is 2. The first-order valence-electron chi connectivity index (χ1n) is 6.23. The van der Waals surface area contributed by atoms with E-state index in [0.717, 1.165) is 18.9 Å². The molecule has 1 aliphatic carbocycles. The zero-order valence-electron chi connectivity index (χ0n) is 11.3. The molecule has 0 aliphatic heterocycles.